The molecule has 2 aromatic rings. The summed E-state index contributed by atoms with van der Waals surface area (Å²) in [4.78, 5) is 17.7. The maximum Gasteiger partial charge on any atom is 0.430 e. The molecule has 1 saturated heterocycles. The Kier molecular flexibility index (Phi) is 8.62. The van der Waals surface area contributed by atoms with Gasteiger partial charge in [0.2, 0.25) is 5.91 Å². The van der Waals surface area contributed by atoms with Crippen LogP contribution in [0.25, 0.3) is 0 Å². The predicted octanol–water partition coefficient (Wildman–Crippen LogP) is 6.30. The number of amides is 1. The molecule has 0 radical (unpaired) electrons. The minimum atomic E-state index is -5.94. The third kappa shape index (κ3) is 6.03. The van der Waals surface area contributed by atoms with Crippen molar-refractivity contribution < 1.29 is 36.2 Å². The third-order valence-electron chi connectivity index (χ3n) is 8.77. The zero-order chi connectivity index (χ0) is 29.3. The lowest BCUT2D eigenvalue weighted by molar-refractivity contribution is -0.376. The van der Waals surface area contributed by atoms with Gasteiger partial charge in [0, 0.05) is 37.7 Å². The van der Waals surface area contributed by atoms with Gasteiger partial charge in [-0.25, -0.2) is 0 Å². The normalized spacial score (nSPS) is 25.5. The number of aliphatic hydroxyl groups is 1. The highest BCUT2D eigenvalue weighted by Gasteiger charge is 2.71. The first-order valence-electron chi connectivity index (χ1n) is 13.6. The number of piperazine rings is 1. The first-order chi connectivity index (χ1) is 18.7. The second-order valence-electron chi connectivity index (χ2n) is 11.7. The molecule has 40 heavy (non-hydrogen) atoms. The van der Waals surface area contributed by atoms with E-state index in [0.29, 0.717) is 50.8 Å². The minimum Gasteiger partial charge on any atom is -0.369 e. The Hall–Kier alpha value is -2.59. The SMILES string of the molecule is CN1CCN(C(=O)C2CCC[C@H](c3ccc(C(O)(C(F)(F)F)C(F)(F)F)cc3)[C@](C)(Cc3ccccc3)C2)CC1. The Morgan fingerprint density at radius 2 is 1.48 bits per heavy atom. The van der Waals surface area contributed by atoms with Crippen LogP contribution in [0.5, 0.6) is 0 Å². The Bertz CT molecular complexity index is 1130. The highest BCUT2D eigenvalue weighted by molar-refractivity contribution is 5.79. The Balaban J connectivity index is 1.67. The lowest BCUT2D eigenvalue weighted by Gasteiger charge is -2.40. The molecule has 4 rings (SSSR count). The summed E-state index contributed by atoms with van der Waals surface area (Å²) in [7, 11) is 2.02. The number of rotatable bonds is 5. The second kappa shape index (κ2) is 11.4. The lowest BCUT2D eigenvalue weighted by Crippen LogP contribution is -2.53. The summed E-state index contributed by atoms with van der Waals surface area (Å²) >= 11 is 0. The number of carbonyl (C=O) groups excluding carboxylic acids is 1. The van der Waals surface area contributed by atoms with Crippen LogP contribution in [0.3, 0.4) is 0 Å². The smallest absolute Gasteiger partial charge is 0.369 e. The molecule has 1 amide bonds. The van der Waals surface area contributed by atoms with E-state index in [1.807, 2.05) is 42.3 Å². The number of likely N-dealkylation sites (N-methyl/N-ethyl adjacent to an activating group) is 1. The summed E-state index contributed by atoms with van der Waals surface area (Å²) < 4.78 is 80.7. The molecule has 220 valence electrons. The van der Waals surface area contributed by atoms with Crippen molar-refractivity contribution in [3.63, 3.8) is 0 Å². The van der Waals surface area contributed by atoms with E-state index in [0.717, 1.165) is 30.8 Å². The van der Waals surface area contributed by atoms with Gasteiger partial charge in [-0.05, 0) is 55.2 Å². The minimum absolute atomic E-state index is 0.115. The van der Waals surface area contributed by atoms with Crippen LogP contribution in [0.4, 0.5) is 26.3 Å². The summed E-state index contributed by atoms with van der Waals surface area (Å²) in [6, 6.07) is 13.7. The van der Waals surface area contributed by atoms with E-state index in [-0.39, 0.29) is 17.7 Å². The topological polar surface area (TPSA) is 43.8 Å². The number of nitrogens with zero attached hydrogens (tertiary/aromatic N) is 2. The van der Waals surface area contributed by atoms with Gasteiger partial charge in [-0.2, -0.15) is 26.3 Å². The maximum atomic E-state index is 13.6. The first kappa shape index (κ1) is 30.4. The fourth-order valence-corrected chi connectivity index (χ4v) is 6.49. The van der Waals surface area contributed by atoms with Crippen molar-refractivity contribution in [3.8, 4) is 0 Å². The fraction of sp³-hybridized carbons (Fsp3) is 0.567. The molecule has 0 bridgehead atoms. The van der Waals surface area contributed by atoms with Gasteiger partial charge in [-0.1, -0.05) is 67.9 Å². The van der Waals surface area contributed by atoms with E-state index in [4.69, 9.17) is 0 Å². The zero-order valence-electron chi connectivity index (χ0n) is 22.7. The Morgan fingerprint density at radius 3 is 2.02 bits per heavy atom. The number of alkyl halides is 6. The highest BCUT2D eigenvalue weighted by Crippen LogP contribution is 2.52. The predicted molar refractivity (Wildman–Crippen MR) is 139 cm³/mol. The molecule has 4 nitrogen and oxygen atoms in total. The van der Waals surface area contributed by atoms with Crippen LogP contribution in [-0.2, 0) is 16.8 Å². The number of hydrogen-bond donors (Lipinski definition) is 1. The molecule has 1 unspecified atom stereocenters. The molecule has 1 aliphatic carbocycles. The molecule has 0 aromatic heterocycles. The molecule has 1 saturated carbocycles. The van der Waals surface area contributed by atoms with Gasteiger partial charge in [0.1, 0.15) is 0 Å². The van der Waals surface area contributed by atoms with Crippen molar-refractivity contribution >= 4 is 5.91 Å². The van der Waals surface area contributed by atoms with Crippen LogP contribution in [0.2, 0.25) is 0 Å². The molecule has 2 aliphatic rings. The number of halogens is 6. The Labute approximate surface area is 231 Å². The lowest BCUT2D eigenvalue weighted by atomic mass is 9.65. The standard InChI is InChI=1S/C30H36F6N2O2/c1-27(19-21-7-4-3-5-8-21)20-23(26(39)38-17-15-37(2)16-18-38)9-6-10-25(27)22-11-13-24(14-12-22)28(40,29(31,32)33)30(34,35)36/h3-5,7-8,11-14,23,25,40H,6,9-10,15-20H2,1-2H3/t23?,25-,27-/m1/s1. The fourth-order valence-electron chi connectivity index (χ4n) is 6.49. The quantitative estimate of drug-likeness (QED) is 0.339. The van der Waals surface area contributed by atoms with Gasteiger partial charge in [0.05, 0.1) is 0 Å². The van der Waals surface area contributed by atoms with E-state index < -0.39 is 28.9 Å². The molecule has 0 spiro atoms. The van der Waals surface area contributed by atoms with E-state index in [9.17, 15) is 36.2 Å². The van der Waals surface area contributed by atoms with Crippen molar-refractivity contribution in [1.29, 1.82) is 0 Å². The molecule has 10 heteroatoms. The van der Waals surface area contributed by atoms with Crippen LogP contribution >= 0.6 is 0 Å². The summed E-state index contributed by atoms with van der Waals surface area (Å²) in [5.74, 6) is -0.317. The van der Waals surface area contributed by atoms with Crippen LogP contribution < -0.4 is 0 Å². The van der Waals surface area contributed by atoms with Crippen molar-refractivity contribution in [2.75, 3.05) is 33.2 Å². The van der Waals surface area contributed by atoms with E-state index in [1.54, 1.807) is 0 Å². The molecular weight excluding hydrogens is 534 g/mol. The number of hydrogen-bond acceptors (Lipinski definition) is 3. The summed E-state index contributed by atoms with van der Waals surface area (Å²) in [5, 5.41) is 9.84. The van der Waals surface area contributed by atoms with Gasteiger partial charge in [-0.3, -0.25) is 4.79 Å². The van der Waals surface area contributed by atoms with Crippen molar-refractivity contribution in [3.05, 3.63) is 71.3 Å². The van der Waals surface area contributed by atoms with Crippen LogP contribution in [0.1, 0.15) is 55.2 Å². The van der Waals surface area contributed by atoms with Crippen LogP contribution in [0.15, 0.2) is 54.6 Å². The Morgan fingerprint density at radius 1 is 0.900 bits per heavy atom. The van der Waals surface area contributed by atoms with Crippen molar-refractivity contribution in [1.82, 2.24) is 9.80 Å². The maximum absolute atomic E-state index is 13.6. The highest BCUT2D eigenvalue weighted by atomic mass is 19.4. The van der Waals surface area contributed by atoms with E-state index >= 15 is 0 Å². The monoisotopic (exact) mass is 570 g/mol. The molecule has 3 atom stereocenters. The molecule has 1 aliphatic heterocycles. The number of benzene rings is 2. The summed E-state index contributed by atoms with van der Waals surface area (Å²) in [6.45, 7) is 4.99. The van der Waals surface area contributed by atoms with E-state index in [2.05, 4.69) is 11.8 Å². The molecular formula is C30H36F6N2O2. The zero-order valence-corrected chi connectivity index (χ0v) is 22.7. The molecule has 1 N–H and O–H groups in total. The average molecular weight is 571 g/mol. The van der Waals surface area contributed by atoms with Gasteiger partial charge >= 0.3 is 12.4 Å². The second-order valence-corrected chi connectivity index (χ2v) is 11.7. The van der Waals surface area contributed by atoms with Crippen LogP contribution in [-0.4, -0.2) is 66.4 Å². The van der Waals surface area contributed by atoms with Gasteiger partial charge in [-0.15, -0.1) is 0 Å². The molecule has 2 aromatic carbocycles. The van der Waals surface area contributed by atoms with Crippen molar-refractivity contribution in [2.24, 2.45) is 11.3 Å². The first-order valence-corrected chi connectivity index (χ1v) is 13.6. The summed E-state index contributed by atoms with van der Waals surface area (Å²) in [6.07, 6.45) is -8.71. The number of carbonyl (C=O) groups is 1. The van der Waals surface area contributed by atoms with Crippen LogP contribution in [0, 0.1) is 11.3 Å². The van der Waals surface area contributed by atoms with E-state index in [1.165, 1.54) is 12.1 Å². The average Bonchev–Trinajstić information content (AvgIpc) is 3.06. The van der Waals surface area contributed by atoms with Gasteiger partial charge in [0.15, 0.2) is 0 Å². The largest absolute Gasteiger partial charge is 0.430 e. The third-order valence-corrected chi connectivity index (χ3v) is 8.77. The van der Waals surface area contributed by atoms with Crippen molar-refractivity contribution in [2.45, 2.75) is 62.9 Å². The molecule has 2 fully saturated rings. The van der Waals surface area contributed by atoms with Gasteiger partial charge in [0.25, 0.3) is 5.60 Å². The molecule has 1 heterocycles. The van der Waals surface area contributed by atoms with Gasteiger partial charge < -0.3 is 14.9 Å². The summed E-state index contributed by atoms with van der Waals surface area (Å²) in [5.41, 5.74) is -5.08.